The molecule has 0 spiro atoms. The summed E-state index contributed by atoms with van der Waals surface area (Å²) in [5.41, 5.74) is 3.09. The molecule has 1 aliphatic rings. The van der Waals surface area contributed by atoms with E-state index >= 15 is 0 Å². The van der Waals surface area contributed by atoms with Crippen LogP contribution < -0.4 is 0 Å². The highest BCUT2D eigenvalue weighted by Gasteiger charge is 2.29. The van der Waals surface area contributed by atoms with Crippen molar-refractivity contribution in [2.24, 2.45) is 0 Å². The number of carbonyl (C=O) groups is 1. The van der Waals surface area contributed by atoms with E-state index in [4.69, 9.17) is 0 Å². The fraction of sp³-hybridized carbons (Fsp3) is 0.381. The third-order valence-electron chi connectivity index (χ3n) is 5.16. The Hall–Kier alpha value is -2.47. The number of benzene rings is 1. The minimum Gasteiger partial charge on any atom is -0.336 e. The number of imidazole rings is 1. The van der Waals surface area contributed by atoms with Crippen LogP contribution in [0.25, 0.3) is 11.4 Å². The Balaban J connectivity index is 1.62. The topological polar surface area (TPSA) is 51.0 Å². The average Bonchev–Trinajstić information content (AvgIpc) is 3.23. The molecule has 3 aromatic rings. The zero-order chi connectivity index (χ0) is 19.0. The van der Waals surface area contributed by atoms with Crippen molar-refractivity contribution in [1.82, 2.24) is 19.4 Å². The lowest BCUT2D eigenvalue weighted by atomic mass is 10.0. The molecule has 1 saturated heterocycles. The van der Waals surface area contributed by atoms with Gasteiger partial charge in [0.25, 0.3) is 5.91 Å². The van der Waals surface area contributed by atoms with E-state index in [9.17, 15) is 4.79 Å². The van der Waals surface area contributed by atoms with Crippen LogP contribution >= 0.6 is 11.3 Å². The van der Waals surface area contributed by atoms with E-state index in [1.54, 1.807) is 0 Å². The van der Waals surface area contributed by atoms with Crippen LogP contribution in [0.3, 0.4) is 0 Å². The molecule has 140 valence electrons. The molecule has 0 radical (unpaired) electrons. The highest BCUT2D eigenvalue weighted by molar-refractivity contribution is 7.13. The number of aryl methyl sites for hydroxylation is 3. The number of aromatic nitrogens is 3. The first-order chi connectivity index (χ1) is 13.0. The monoisotopic (exact) mass is 380 g/mol. The van der Waals surface area contributed by atoms with Gasteiger partial charge in [-0.1, -0.05) is 30.3 Å². The maximum atomic E-state index is 13.1. The van der Waals surface area contributed by atoms with Gasteiger partial charge in [-0.2, -0.15) is 0 Å². The van der Waals surface area contributed by atoms with E-state index in [0.29, 0.717) is 6.54 Å². The van der Waals surface area contributed by atoms with E-state index in [2.05, 4.69) is 33.6 Å². The van der Waals surface area contributed by atoms with Crippen molar-refractivity contribution in [2.45, 2.75) is 39.7 Å². The van der Waals surface area contributed by atoms with Gasteiger partial charge < -0.3 is 9.47 Å². The molecule has 4 rings (SSSR count). The summed E-state index contributed by atoms with van der Waals surface area (Å²) in [7, 11) is 0. The van der Waals surface area contributed by atoms with Crippen molar-refractivity contribution in [2.75, 3.05) is 13.1 Å². The molecule has 1 fully saturated rings. The number of nitrogens with zero attached hydrogens (tertiary/aromatic N) is 4. The summed E-state index contributed by atoms with van der Waals surface area (Å²) in [6.45, 7) is 7.49. The third-order valence-corrected chi connectivity index (χ3v) is 6.22. The summed E-state index contributed by atoms with van der Waals surface area (Å²) >= 11 is 1.50. The highest BCUT2D eigenvalue weighted by atomic mass is 32.1. The lowest BCUT2D eigenvalue weighted by Gasteiger charge is -2.34. The van der Waals surface area contributed by atoms with Crippen LogP contribution in [0.5, 0.6) is 0 Å². The first kappa shape index (κ1) is 17.9. The van der Waals surface area contributed by atoms with Crippen molar-refractivity contribution in [3.8, 4) is 11.4 Å². The summed E-state index contributed by atoms with van der Waals surface area (Å²) in [5, 5.41) is 0.946. The van der Waals surface area contributed by atoms with Crippen LogP contribution in [-0.4, -0.2) is 38.4 Å². The van der Waals surface area contributed by atoms with Gasteiger partial charge in [-0.05, 0) is 33.6 Å². The predicted octanol–water partition coefficient (Wildman–Crippen LogP) is 4.41. The van der Waals surface area contributed by atoms with Gasteiger partial charge in [-0.15, -0.1) is 11.3 Å². The summed E-state index contributed by atoms with van der Waals surface area (Å²) in [5.74, 6) is 1.10. The molecule has 1 aromatic carbocycles. The Morgan fingerprint density at radius 1 is 1.19 bits per heavy atom. The molecule has 1 atom stereocenters. The number of amides is 1. The molecule has 0 saturated carbocycles. The van der Waals surface area contributed by atoms with Gasteiger partial charge in [0.15, 0.2) is 0 Å². The molecule has 2 aromatic heterocycles. The van der Waals surface area contributed by atoms with Crippen LogP contribution in [0.4, 0.5) is 0 Å². The number of hydrogen-bond donors (Lipinski definition) is 0. The summed E-state index contributed by atoms with van der Waals surface area (Å²) in [6, 6.07) is 10.5. The minimum atomic E-state index is 0.113. The first-order valence-electron chi connectivity index (χ1n) is 9.37. The Morgan fingerprint density at radius 3 is 2.67 bits per heavy atom. The fourth-order valence-electron chi connectivity index (χ4n) is 3.93. The number of thiazole rings is 1. The van der Waals surface area contributed by atoms with E-state index < -0.39 is 0 Å². The van der Waals surface area contributed by atoms with Crippen molar-refractivity contribution < 1.29 is 4.79 Å². The fourth-order valence-corrected chi connectivity index (χ4v) is 4.82. The number of piperidine rings is 1. The largest absolute Gasteiger partial charge is 0.336 e. The Kier molecular flexibility index (Phi) is 4.83. The quantitative estimate of drug-likeness (QED) is 0.676. The van der Waals surface area contributed by atoms with Crippen molar-refractivity contribution in [1.29, 1.82) is 0 Å². The van der Waals surface area contributed by atoms with E-state index in [-0.39, 0.29) is 11.9 Å². The van der Waals surface area contributed by atoms with Crippen LogP contribution in [0.1, 0.15) is 45.0 Å². The first-order valence-corrected chi connectivity index (χ1v) is 10.2. The van der Waals surface area contributed by atoms with Gasteiger partial charge in [0, 0.05) is 30.5 Å². The predicted molar refractivity (Wildman–Crippen MR) is 108 cm³/mol. The number of likely N-dealkylation sites (tertiary alicyclic amines) is 1. The molecule has 0 aliphatic carbocycles. The average molecular weight is 381 g/mol. The van der Waals surface area contributed by atoms with Crippen LogP contribution in [-0.2, 0) is 0 Å². The van der Waals surface area contributed by atoms with Crippen molar-refractivity contribution in [3.63, 3.8) is 0 Å². The molecular weight excluding hydrogens is 356 g/mol. The molecule has 3 heterocycles. The lowest BCUT2D eigenvalue weighted by molar-refractivity contribution is 0.0683. The molecule has 1 unspecified atom stereocenters. The molecule has 6 heteroatoms. The van der Waals surface area contributed by atoms with Crippen LogP contribution in [0.15, 0.2) is 36.5 Å². The van der Waals surface area contributed by atoms with Gasteiger partial charge >= 0.3 is 0 Å². The van der Waals surface area contributed by atoms with Crippen LogP contribution in [0, 0.1) is 20.8 Å². The van der Waals surface area contributed by atoms with Gasteiger partial charge in [-0.3, -0.25) is 4.79 Å². The zero-order valence-electron chi connectivity index (χ0n) is 16.0. The SMILES string of the molecule is Cc1nc(C)c(C(=O)N2CCCC(n3c(C)cnc3-c3ccccc3)C2)s1. The third kappa shape index (κ3) is 3.41. The Morgan fingerprint density at radius 2 is 1.96 bits per heavy atom. The smallest absolute Gasteiger partial charge is 0.265 e. The lowest BCUT2D eigenvalue weighted by Crippen LogP contribution is -2.41. The second kappa shape index (κ2) is 7.27. The molecule has 5 nitrogen and oxygen atoms in total. The van der Waals surface area contributed by atoms with Gasteiger partial charge in [0.2, 0.25) is 0 Å². The molecule has 0 bridgehead atoms. The van der Waals surface area contributed by atoms with Crippen molar-refractivity contribution >= 4 is 17.2 Å². The second-order valence-electron chi connectivity index (χ2n) is 7.15. The normalized spacial score (nSPS) is 17.3. The summed E-state index contributed by atoms with van der Waals surface area (Å²) in [4.78, 5) is 24.9. The zero-order valence-corrected chi connectivity index (χ0v) is 16.8. The maximum Gasteiger partial charge on any atom is 0.265 e. The highest BCUT2D eigenvalue weighted by Crippen LogP contribution is 2.30. The van der Waals surface area contributed by atoms with E-state index in [0.717, 1.165) is 52.0 Å². The van der Waals surface area contributed by atoms with Gasteiger partial charge in [-0.25, -0.2) is 9.97 Å². The number of carbonyl (C=O) groups excluding carboxylic acids is 1. The molecule has 0 N–H and O–H groups in total. The summed E-state index contributed by atoms with van der Waals surface area (Å²) in [6.07, 6.45) is 3.99. The Labute approximate surface area is 163 Å². The van der Waals surface area contributed by atoms with Crippen molar-refractivity contribution in [3.05, 3.63) is 57.8 Å². The van der Waals surface area contributed by atoms with E-state index in [1.165, 1.54) is 11.3 Å². The summed E-state index contributed by atoms with van der Waals surface area (Å²) < 4.78 is 2.31. The standard InChI is InChI=1S/C21H24N4OS/c1-14-12-22-20(17-8-5-4-6-9-17)25(14)18-10-7-11-24(13-18)21(26)19-15(2)23-16(3)27-19/h4-6,8-9,12,18H,7,10-11,13H2,1-3H3. The molecular formula is C21H24N4OS. The molecule has 1 aliphatic heterocycles. The second-order valence-corrected chi connectivity index (χ2v) is 8.36. The number of hydrogen-bond acceptors (Lipinski definition) is 4. The van der Waals surface area contributed by atoms with Gasteiger partial charge in [0.1, 0.15) is 10.7 Å². The number of rotatable bonds is 3. The van der Waals surface area contributed by atoms with Crippen LogP contribution in [0.2, 0.25) is 0 Å². The maximum absolute atomic E-state index is 13.1. The molecule has 1 amide bonds. The minimum absolute atomic E-state index is 0.113. The Bertz CT molecular complexity index is 960. The van der Waals surface area contributed by atoms with E-state index in [1.807, 2.05) is 43.1 Å². The van der Waals surface area contributed by atoms with Gasteiger partial charge in [0.05, 0.1) is 16.7 Å². The molecule has 27 heavy (non-hydrogen) atoms.